The van der Waals surface area contributed by atoms with Gasteiger partial charge in [0.15, 0.2) is 0 Å². The Bertz CT molecular complexity index is 405. The van der Waals surface area contributed by atoms with Gasteiger partial charge in [-0.3, -0.25) is 4.90 Å². The van der Waals surface area contributed by atoms with E-state index in [2.05, 4.69) is 54.8 Å². The van der Waals surface area contributed by atoms with Gasteiger partial charge in [0.05, 0.1) is 0 Å². The molecular weight excluding hydrogens is 258 g/mol. The van der Waals surface area contributed by atoms with Crippen molar-refractivity contribution in [3.05, 3.63) is 35.4 Å². The van der Waals surface area contributed by atoms with Crippen molar-refractivity contribution < 1.29 is 0 Å². The molecule has 1 unspecified atom stereocenters. The second-order valence-corrected chi connectivity index (χ2v) is 6.45. The number of piperazine rings is 1. The fraction of sp³-hybridized carbons (Fsp3) is 0.667. The molecule has 21 heavy (non-hydrogen) atoms. The molecule has 1 heterocycles. The summed E-state index contributed by atoms with van der Waals surface area (Å²) in [7, 11) is 0. The minimum atomic E-state index is 0.370. The summed E-state index contributed by atoms with van der Waals surface area (Å²) in [5.41, 5.74) is 8.84. The van der Waals surface area contributed by atoms with E-state index in [9.17, 15) is 0 Å². The molecule has 1 aromatic carbocycles. The number of nitrogens with two attached hydrogens (primary N) is 1. The predicted octanol–water partition coefficient (Wildman–Crippen LogP) is 2.84. The van der Waals surface area contributed by atoms with Gasteiger partial charge in [0.1, 0.15) is 0 Å². The van der Waals surface area contributed by atoms with E-state index in [1.54, 1.807) is 0 Å². The van der Waals surface area contributed by atoms with Crippen LogP contribution in [-0.4, -0.2) is 49.1 Å². The fourth-order valence-electron chi connectivity index (χ4n) is 3.21. The van der Waals surface area contributed by atoms with Gasteiger partial charge in [0.2, 0.25) is 0 Å². The van der Waals surface area contributed by atoms with Crippen molar-refractivity contribution >= 4 is 0 Å². The van der Waals surface area contributed by atoms with Gasteiger partial charge in [0, 0.05) is 38.8 Å². The topological polar surface area (TPSA) is 32.5 Å². The Morgan fingerprint density at radius 2 is 1.57 bits per heavy atom. The zero-order valence-corrected chi connectivity index (χ0v) is 13.9. The number of hydrogen-bond donors (Lipinski definition) is 1. The summed E-state index contributed by atoms with van der Waals surface area (Å²) in [6, 6.07) is 9.43. The molecule has 3 nitrogen and oxygen atoms in total. The third-order valence-electron chi connectivity index (χ3n) is 4.60. The summed E-state index contributed by atoms with van der Waals surface area (Å²) in [6.45, 7) is 13.3. The number of nitrogens with zero attached hydrogens (tertiary/aromatic N) is 2. The molecule has 0 bridgehead atoms. The van der Waals surface area contributed by atoms with Crippen LogP contribution < -0.4 is 5.73 Å². The SMILES string of the molecule is CCCN1CCN(C(CN)c2ccc(C(C)C)cc2)CC1. The zero-order valence-electron chi connectivity index (χ0n) is 13.9. The summed E-state index contributed by atoms with van der Waals surface area (Å²) in [6.07, 6.45) is 1.25. The molecule has 0 saturated carbocycles. The Labute approximate surface area is 130 Å². The maximum atomic E-state index is 6.07. The maximum absolute atomic E-state index is 6.07. The first-order valence-corrected chi connectivity index (χ1v) is 8.42. The lowest BCUT2D eigenvalue weighted by Gasteiger charge is -2.39. The van der Waals surface area contributed by atoms with Gasteiger partial charge in [0.25, 0.3) is 0 Å². The Balaban J connectivity index is 1.99. The van der Waals surface area contributed by atoms with E-state index >= 15 is 0 Å². The number of benzene rings is 1. The van der Waals surface area contributed by atoms with Crippen molar-refractivity contribution in [3.8, 4) is 0 Å². The second kappa shape index (κ2) is 7.92. The maximum Gasteiger partial charge on any atom is 0.0471 e. The minimum Gasteiger partial charge on any atom is -0.329 e. The van der Waals surface area contributed by atoms with Crippen LogP contribution in [0.15, 0.2) is 24.3 Å². The third-order valence-corrected chi connectivity index (χ3v) is 4.60. The van der Waals surface area contributed by atoms with E-state index in [-0.39, 0.29) is 0 Å². The normalized spacial score (nSPS) is 19.1. The Morgan fingerprint density at radius 3 is 2.05 bits per heavy atom. The number of hydrogen-bond acceptors (Lipinski definition) is 3. The first-order chi connectivity index (χ1) is 10.2. The quantitative estimate of drug-likeness (QED) is 0.874. The van der Waals surface area contributed by atoms with E-state index in [1.165, 1.54) is 37.2 Å². The highest BCUT2D eigenvalue weighted by molar-refractivity contribution is 5.27. The van der Waals surface area contributed by atoms with Crippen LogP contribution in [0.3, 0.4) is 0 Å². The van der Waals surface area contributed by atoms with Crippen molar-refractivity contribution in [2.45, 2.75) is 39.2 Å². The van der Waals surface area contributed by atoms with E-state index in [4.69, 9.17) is 5.73 Å². The first kappa shape index (κ1) is 16.5. The lowest BCUT2D eigenvalue weighted by molar-refractivity contribution is 0.0985. The van der Waals surface area contributed by atoms with E-state index in [0.717, 1.165) is 13.1 Å². The van der Waals surface area contributed by atoms with Crippen LogP contribution >= 0.6 is 0 Å². The molecule has 0 aliphatic carbocycles. The van der Waals surface area contributed by atoms with Crippen LogP contribution in [0.25, 0.3) is 0 Å². The van der Waals surface area contributed by atoms with Crippen LogP contribution in [0.4, 0.5) is 0 Å². The zero-order chi connectivity index (χ0) is 15.2. The molecule has 2 N–H and O–H groups in total. The Morgan fingerprint density at radius 1 is 1.00 bits per heavy atom. The lowest BCUT2D eigenvalue weighted by atomic mass is 9.98. The minimum absolute atomic E-state index is 0.370. The largest absolute Gasteiger partial charge is 0.329 e. The van der Waals surface area contributed by atoms with Crippen molar-refractivity contribution in [3.63, 3.8) is 0 Å². The van der Waals surface area contributed by atoms with Gasteiger partial charge in [-0.05, 0) is 30.0 Å². The molecule has 1 fully saturated rings. The molecule has 118 valence electrons. The average molecular weight is 289 g/mol. The van der Waals surface area contributed by atoms with Crippen molar-refractivity contribution in [1.82, 2.24) is 9.80 Å². The molecule has 0 aromatic heterocycles. The van der Waals surface area contributed by atoms with Crippen LogP contribution in [0.2, 0.25) is 0 Å². The van der Waals surface area contributed by atoms with Gasteiger partial charge in [-0.25, -0.2) is 0 Å². The summed E-state index contributed by atoms with van der Waals surface area (Å²) >= 11 is 0. The van der Waals surface area contributed by atoms with E-state index < -0.39 is 0 Å². The molecule has 3 heteroatoms. The standard InChI is InChI=1S/C18H31N3/c1-4-9-20-10-12-21(13-11-20)18(14-19)17-7-5-16(6-8-17)15(2)3/h5-8,15,18H,4,9-14,19H2,1-3H3. The molecule has 1 atom stereocenters. The summed E-state index contributed by atoms with van der Waals surface area (Å²) in [4.78, 5) is 5.11. The first-order valence-electron chi connectivity index (χ1n) is 8.42. The molecule has 1 aliphatic heterocycles. The highest BCUT2D eigenvalue weighted by Gasteiger charge is 2.23. The van der Waals surface area contributed by atoms with Crippen LogP contribution in [0.1, 0.15) is 50.3 Å². The van der Waals surface area contributed by atoms with Gasteiger partial charge >= 0.3 is 0 Å². The van der Waals surface area contributed by atoms with Crippen LogP contribution in [-0.2, 0) is 0 Å². The monoisotopic (exact) mass is 289 g/mol. The molecule has 2 rings (SSSR count). The second-order valence-electron chi connectivity index (χ2n) is 6.45. The summed E-state index contributed by atoms with van der Waals surface area (Å²) in [5.74, 6) is 0.591. The molecule has 1 saturated heterocycles. The molecule has 1 aromatic rings. The van der Waals surface area contributed by atoms with E-state index in [1.807, 2.05) is 0 Å². The predicted molar refractivity (Wildman–Crippen MR) is 90.6 cm³/mol. The fourth-order valence-corrected chi connectivity index (χ4v) is 3.21. The average Bonchev–Trinajstić information content (AvgIpc) is 2.50. The van der Waals surface area contributed by atoms with Crippen molar-refractivity contribution in [2.75, 3.05) is 39.3 Å². The highest BCUT2D eigenvalue weighted by Crippen LogP contribution is 2.23. The van der Waals surface area contributed by atoms with Crippen LogP contribution in [0.5, 0.6) is 0 Å². The summed E-state index contributed by atoms with van der Waals surface area (Å²) in [5, 5.41) is 0. The highest BCUT2D eigenvalue weighted by atomic mass is 15.3. The number of rotatable bonds is 6. The molecule has 0 radical (unpaired) electrons. The molecule has 0 amide bonds. The van der Waals surface area contributed by atoms with Gasteiger partial charge in [-0.1, -0.05) is 45.0 Å². The van der Waals surface area contributed by atoms with Crippen molar-refractivity contribution in [2.24, 2.45) is 5.73 Å². The van der Waals surface area contributed by atoms with Crippen LogP contribution in [0, 0.1) is 0 Å². The Kier molecular flexibility index (Phi) is 6.22. The van der Waals surface area contributed by atoms with Gasteiger partial charge in [-0.15, -0.1) is 0 Å². The Hall–Kier alpha value is -0.900. The smallest absolute Gasteiger partial charge is 0.0471 e. The van der Waals surface area contributed by atoms with E-state index in [0.29, 0.717) is 18.5 Å². The van der Waals surface area contributed by atoms with Gasteiger partial charge in [-0.2, -0.15) is 0 Å². The lowest BCUT2D eigenvalue weighted by Crippen LogP contribution is -2.49. The summed E-state index contributed by atoms with van der Waals surface area (Å²) < 4.78 is 0. The molecular formula is C18H31N3. The van der Waals surface area contributed by atoms with Crippen molar-refractivity contribution in [1.29, 1.82) is 0 Å². The molecule has 0 spiro atoms. The third kappa shape index (κ3) is 4.29. The van der Waals surface area contributed by atoms with Gasteiger partial charge < -0.3 is 10.6 Å². The molecule has 1 aliphatic rings.